The van der Waals surface area contributed by atoms with Crippen LogP contribution >= 0.6 is 34.2 Å². The molecule has 88 valence electrons. The van der Waals surface area contributed by atoms with Crippen LogP contribution in [0.2, 0.25) is 5.02 Å². The van der Waals surface area contributed by atoms with E-state index in [1.165, 1.54) is 24.8 Å². The van der Waals surface area contributed by atoms with Gasteiger partial charge in [-0.3, -0.25) is 0 Å². The molecule has 1 saturated carbocycles. The van der Waals surface area contributed by atoms with Crippen molar-refractivity contribution in [2.75, 3.05) is 6.54 Å². The zero-order chi connectivity index (χ0) is 11.5. The van der Waals surface area contributed by atoms with E-state index in [9.17, 15) is 0 Å². The monoisotopic (exact) mass is 349 g/mol. The first-order chi connectivity index (χ1) is 7.72. The largest absolute Gasteiger partial charge is 0.310 e. The Hall–Kier alpha value is 0.200. The lowest BCUT2D eigenvalue weighted by molar-refractivity contribution is 0.481. The molecule has 0 saturated heterocycles. The SMILES string of the molecule is CCCNC(c1ccc(I)c(Cl)c1)C1CC1. The summed E-state index contributed by atoms with van der Waals surface area (Å²) in [6.45, 7) is 3.29. The highest BCUT2D eigenvalue weighted by Gasteiger charge is 2.31. The van der Waals surface area contributed by atoms with Gasteiger partial charge in [0.25, 0.3) is 0 Å². The lowest BCUT2D eigenvalue weighted by atomic mass is 10.0. The third-order valence-electron chi connectivity index (χ3n) is 3.01. The first-order valence-electron chi connectivity index (χ1n) is 5.90. The lowest BCUT2D eigenvalue weighted by Gasteiger charge is -2.19. The minimum absolute atomic E-state index is 0.509. The van der Waals surface area contributed by atoms with Gasteiger partial charge in [-0.1, -0.05) is 24.6 Å². The van der Waals surface area contributed by atoms with Crippen molar-refractivity contribution in [3.63, 3.8) is 0 Å². The van der Waals surface area contributed by atoms with E-state index >= 15 is 0 Å². The summed E-state index contributed by atoms with van der Waals surface area (Å²) < 4.78 is 1.13. The Morgan fingerprint density at radius 1 is 1.50 bits per heavy atom. The molecule has 1 unspecified atom stereocenters. The Bertz CT molecular complexity index is 363. The first kappa shape index (κ1) is 12.7. The summed E-state index contributed by atoms with van der Waals surface area (Å²) in [5.41, 5.74) is 1.35. The molecule has 0 heterocycles. The molecule has 0 aliphatic heterocycles. The van der Waals surface area contributed by atoms with Crippen molar-refractivity contribution in [3.8, 4) is 0 Å². The highest BCUT2D eigenvalue weighted by molar-refractivity contribution is 14.1. The predicted molar refractivity (Wildman–Crippen MR) is 77.9 cm³/mol. The van der Waals surface area contributed by atoms with Gasteiger partial charge in [0, 0.05) is 9.61 Å². The summed E-state index contributed by atoms with van der Waals surface area (Å²) >= 11 is 8.46. The molecule has 1 aromatic carbocycles. The van der Waals surface area contributed by atoms with Crippen LogP contribution in [-0.2, 0) is 0 Å². The summed E-state index contributed by atoms with van der Waals surface area (Å²) in [6, 6.07) is 6.95. The summed E-state index contributed by atoms with van der Waals surface area (Å²) in [5.74, 6) is 0.822. The highest BCUT2D eigenvalue weighted by atomic mass is 127. The average molecular weight is 350 g/mol. The molecule has 1 aliphatic carbocycles. The second kappa shape index (κ2) is 5.69. The van der Waals surface area contributed by atoms with E-state index < -0.39 is 0 Å². The summed E-state index contributed by atoms with van der Waals surface area (Å²) in [4.78, 5) is 0. The van der Waals surface area contributed by atoms with Crippen LogP contribution in [-0.4, -0.2) is 6.54 Å². The normalized spacial score (nSPS) is 17.4. The van der Waals surface area contributed by atoms with E-state index in [4.69, 9.17) is 11.6 Å². The second-order valence-electron chi connectivity index (χ2n) is 4.44. The third kappa shape index (κ3) is 3.11. The van der Waals surface area contributed by atoms with Crippen molar-refractivity contribution in [3.05, 3.63) is 32.4 Å². The van der Waals surface area contributed by atoms with E-state index in [1.54, 1.807) is 0 Å². The summed E-state index contributed by atoms with van der Waals surface area (Å²) in [5, 5.41) is 4.51. The van der Waals surface area contributed by atoms with Crippen LogP contribution in [0, 0.1) is 9.49 Å². The van der Waals surface area contributed by atoms with Crippen LogP contribution in [0.5, 0.6) is 0 Å². The van der Waals surface area contributed by atoms with Gasteiger partial charge in [-0.15, -0.1) is 0 Å². The van der Waals surface area contributed by atoms with E-state index in [2.05, 4.69) is 53.0 Å². The summed E-state index contributed by atoms with van der Waals surface area (Å²) in [6.07, 6.45) is 3.89. The molecule has 1 atom stereocenters. The molecule has 1 fully saturated rings. The first-order valence-corrected chi connectivity index (χ1v) is 7.36. The maximum absolute atomic E-state index is 6.18. The topological polar surface area (TPSA) is 12.0 Å². The van der Waals surface area contributed by atoms with Crippen molar-refractivity contribution >= 4 is 34.2 Å². The van der Waals surface area contributed by atoms with Crippen LogP contribution in [0.1, 0.15) is 37.8 Å². The fourth-order valence-electron chi connectivity index (χ4n) is 1.99. The maximum Gasteiger partial charge on any atom is 0.0542 e. The van der Waals surface area contributed by atoms with Gasteiger partial charge in [-0.05, 0) is 72.0 Å². The van der Waals surface area contributed by atoms with Crippen molar-refractivity contribution in [2.45, 2.75) is 32.2 Å². The fourth-order valence-corrected chi connectivity index (χ4v) is 2.52. The number of hydrogen-bond acceptors (Lipinski definition) is 1. The molecule has 1 nitrogen and oxygen atoms in total. The molecule has 0 aromatic heterocycles. The molecule has 1 aliphatic rings. The Balaban J connectivity index is 2.14. The molecule has 0 spiro atoms. The van der Waals surface area contributed by atoms with Gasteiger partial charge in [0.1, 0.15) is 0 Å². The van der Waals surface area contributed by atoms with Crippen LogP contribution < -0.4 is 5.32 Å². The van der Waals surface area contributed by atoms with Crippen molar-refractivity contribution in [1.82, 2.24) is 5.32 Å². The number of hydrogen-bond donors (Lipinski definition) is 1. The standard InChI is InChI=1S/C13H17ClIN/c1-2-7-16-13(9-3-4-9)10-5-6-12(15)11(14)8-10/h5-6,8-9,13,16H,2-4,7H2,1H3. The van der Waals surface area contributed by atoms with Crippen LogP contribution in [0.15, 0.2) is 18.2 Å². The second-order valence-corrected chi connectivity index (χ2v) is 6.01. The fraction of sp³-hybridized carbons (Fsp3) is 0.538. The van der Waals surface area contributed by atoms with Crippen molar-refractivity contribution in [2.24, 2.45) is 5.92 Å². The van der Waals surface area contributed by atoms with E-state index in [0.717, 1.165) is 21.1 Å². The van der Waals surface area contributed by atoms with Gasteiger partial charge >= 0.3 is 0 Å². The van der Waals surface area contributed by atoms with Gasteiger partial charge in [-0.25, -0.2) is 0 Å². The van der Waals surface area contributed by atoms with E-state index in [-0.39, 0.29) is 0 Å². The summed E-state index contributed by atoms with van der Waals surface area (Å²) in [7, 11) is 0. The van der Waals surface area contributed by atoms with Crippen LogP contribution in [0.4, 0.5) is 0 Å². The Kier molecular flexibility index (Phi) is 4.50. The smallest absolute Gasteiger partial charge is 0.0542 e. The maximum atomic E-state index is 6.18. The average Bonchev–Trinajstić information content (AvgIpc) is 3.08. The molecule has 16 heavy (non-hydrogen) atoms. The minimum Gasteiger partial charge on any atom is -0.310 e. The Morgan fingerprint density at radius 2 is 2.25 bits per heavy atom. The van der Waals surface area contributed by atoms with Gasteiger partial charge in [0.05, 0.1) is 5.02 Å². The number of halogens is 2. The molecule has 0 amide bonds. The van der Waals surface area contributed by atoms with Crippen LogP contribution in [0.3, 0.4) is 0 Å². The zero-order valence-corrected chi connectivity index (χ0v) is 12.4. The lowest BCUT2D eigenvalue weighted by Crippen LogP contribution is -2.23. The Labute approximate surface area is 116 Å². The predicted octanol–water partition coefficient (Wildman–Crippen LogP) is 4.40. The van der Waals surface area contributed by atoms with Crippen molar-refractivity contribution in [1.29, 1.82) is 0 Å². The van der Waals surface area contributed by atoms with E-state index in [0.29, 0.717) is 6.04 Å². The zero-order valence-electron chi connectivity index (χ0n) is 9.47. The molecule has 0 bridgehead atoms. The Morgan fingerprint density at radius 3 is 2.81 bits per heavy atom. The number of benzene rings is 1. The van der Waals surface area contributed by atoms with Gasteiger partial charge in [0.15, 0.2) is 0 Å². The molecule has 3 heteroatoms. The van der Waals surface area contributed by atoms with E-state index in [1.807, 2.05) is 0 Å². The molecule has 1 N–H and O–H groups in total. The molecular formula is C13H17ClIN. The number of rotatable bonds is 5. The molecular weight excluding hydrogens is 333 g/mol. The van der Waals surface area contributed by atoms with Crippen LogP contribution in [0.25, 0.3) is 0 Å². The number of nitrogens with one attached hydrogen (secondary N) is 1. The van der Waals surface area contributed by atoms with Crippen molar-refractivity contribution < 1.29 is 0 Å². The third-order valence-corrected chi connectivity index (χ3v) is 4.58. The molecule has 0 radical (unpaired) electrons. The van der Waals surface area contributed by atoms with Gasteiger partial charge in [-0.2, -0.15) is 0 Å². The minimum atomic E-state index is 0.509. The molecule has 1 aromatic rings. The highest BCUT2D eigenvalue weighted by Crippen LogP contribution is 2.41. The van der Waals surface area contributed by atoms with Gasteiger partial charge < -0.3 is 5.32 Å². The van der Waals surface area contributed by atoms with Gasteiger partial charge in [0.2, 0.25) is 0 Å². The molecule has 2 rings (SSSR count). The quantitative estimate of drug-likeness (QED) is 0.777.